The maximum Gasteiger partial charge on any atom is 0.319 e. The molecule has 29 heavy (non-hydrogen) atoms. The molecule has 0 aromatic heterocycles. The SMILES string of the molecule is COc1ccc(CNC(=O)Nc2cc3c4c(c2)CCC(=O)N4CCC3)cc1OC. The maximum absolute atomic E-state index is 12.4. The molecular weight excluding hydrogens is 370 g/mol. The molecule has 7 nitrogen and oxygen atoms in total. The highest BCUT2D eigenvalue weighted by Crippen LogP contribution is 2.37. The number of ether oxygens (including phenoxy) is 2. The summed E-state index contributed by atoms with van der Waals surface area (Å²) in [6.45, 7) is 1.16. The van der Waals surface area contributed by atoms with E-state index in [0.29, 0.717) is 24.5 Å². The number of urea groups is 1. The molecule has 2 aliphatic heterocycles. The molecule has 7 heteroatoms. The lowest BCUT2D eigenvalue weighted by molar-refractivity contribution is -0.119. The minimum absolute atomic E-state index is 0.201. The van der Waals surface area contributed by atoms with E-state index in [0.717, 1.165) is 53.9 Å². The van der Waals surface area contributed by atoms with Gasteiger partial charge in [-0.2, -0.15) is 0 Å². The van der Waals surface area contributed by atoms with Crippen LogP contribution in [-0.4, -0.2) is 32.7 Å². The summed E-state index contributed by atoms with van der Waals surface area (Å²) in [5.41, 5.74) is 5.00. The van der Waals surface area contributed by atoms with Gasteiger partial charge in [-0.05, 0) is 60.2 Å². The van der Waals surface area contributed by atoms with Crippen LogP contribution in [0.4, 0.5) is 16.2 Å². The van der Waals surface area contributed by atoms with Gasteiger partial charge in [0.2, 0.25) is 5.91 Å². The van der Waals surface area contributed by atoms with Crippen LogP contribution < -0.4 is 25.0 Å². The van der Waals surface area contributed by atoms with Crippen molar-refractivity contribution < 1.29 is 19.1 Å². The van der Waals surface area contributed by atoms with Gasteiger partial charge in [-0.25, -0.2) is 4.79 Å². The van der Waals surface area contributed by atoms with Gasteiger partial charge in [-0.1, -0.05) is 6.07 Å². The predicted octanol–water partition coefficient (Wildman–Crippen LogP) is 3.25. The Balaban J connectivity index is 1.44. The molecule has 0 saturated carbocycles. The van der Waals surface area contributed by atoms with Gasteiger partial charge in [0, 0.05) is 25.2 Å². The molecule has 0 atom stereocenters. The molecule has 0 unspecified atom stereocenters. The van der Waals surface area contributed by atoms with Crippen molar-refractivity contribution in [2.75, 3.05) is 31.0 Å². The van der Waals surface area contributed by atoms with Crippen LogP contribution in [0.25, 0.3) is 0 Å². The fourth-order valence-corrected chi connectivity index (χ4v) is 4.07. The van der Waals surface area contributed by atoms with Crippen LogP contribution in [-0.2, 0) is 24.2 Å². The van der Waals surface area contributed by atoms with Gasteiger partial charge in [-0.3, -0.25) is 4.79 Å². The molecule has 2 aliphatic rings. The molecule has 0 spiro atoms. The van der Waals surface area contributed by atoms with E-state index in [1.165, 1.54) is 0 Å². The zero-order valence-electron chi connectivity index (χ0n) is 16.7. The normalized spacial score (nSPS) is 14.8. The lowest BCUT2D eigenvalue weighted by Crippen LogP contribution is -2.39. The van der Waals surface area contributed by atoms with E-state index in [2.05, 4.69) is 10.6 Å². The number of nitrogens with zero attached hydrogens (tertiary/aromatic N) is 1. The monoisotopic (exact) mass is 395 g/mol. The molecule has 0 saturated heterocycles. The van der Waals surface area contributed by atoms with Crippen molar-refractivity contribution in [2.45, 2.75) is 32.2 Å². The Morgan fingerprint density at radius 1 is 1.03 bits per heavy atom. The van der Waals surface area contributed by atoms with E-state index in [1.807, 2.05) is 35.2 Å². The van der Waals surface area contributed by atoms with E-state index >= 15 is 0 Å². The van der Waals surface area contributed by atoms with Crippen molar-refractivity contribution in [2.24, 2.45) is 0 Å². The minimum Gasteiger partial charge on any atom is -0.493 e. The van der Waals surface area contributed by atoms with Crippen LogP contribution in [0.5, 0.6) is 11.5 Å². The van der Waals surface area contributed by atoms with Gasteiger partial charge in [0.1, 0.15) is 0 Å². The zero-order chi connectivity index (χ0) is 20.4. The molecular formula is C22H25N3O4. The second-order valence-corrected chi connectivity index (χ2v) is 7.29. The molecule has 2 aromatic carbocycles. The first-order valence-corrected chi connectivity index (χ1v) is 9.81. The number of methoxy groups -OCH3 is 2. The average Bonchev–Trinajstić information content (AvgIpc) is 2.74. The Hall–Kier alpha value is -3.22. The van der Waals surface area contributed by atoms with Crippen molar-refractivity contribution in [1.29, 1.82) is 0 Å². The van der Waals surface area contributed by atoms with Gasteiger partial charge >= 0.3 is 6.03 Å². The first kappa shape index (κ1) is 19.1. The van der Waals surface area contributed by atoms with Gasteiger partial charge in [0.05, 0.1) is 19.9 Å². The highest BCUT2D eigenvalue weighted by Gasteiger charge is 2.29. The molecule has 0 fully saturated rings. The van der Waals surface area contributed by atoms with Gasteiger partial charge in [0.15, 0.2) is 11.5 Å². The average molecular weight is 395 g/mol. The van der Waals surface area contributed by atoms with E-state index < -0.39 is 0 Å². The smallest absolute Gasteiger partial charge is 0.319 e. The van der Waals surface area contributed by atoms with Crippen molar-refractivity contribution >= 4 is 23.3 Å². The Labute approximate surface area is 170 Å². The quantitative estimate of drug-likeness (QED) is 0.815. The fraction of sp³-hybridized carbons (Fsp3) is 0.364. The third-order valence-corrected chi connectivity index (χ3v) is 5.43. The number of aryl methyl sites for hydroxylation is 2. The van der Waals surface area contributed by atoms with E-state index in [4.69, 9.17) is 9.47 Å². The number of nitrogens with one attached hydrogen (secondary N) is 2. The molecule has 0 bridgehead atoms. The molecule has 152 valence electrons. The summed E-state index contributed by atoms with van der Waals surface area (Å²) < 4.78 is 10.5. The molecule has 2 N–H and O–H groups in total. The number of carbonyl (C=O) groups excluding carboxylic acids is 2. The van der Waals surface area contributed by atoms with Crippen LogP contribution in [0.15, 0.2) is 30.3 Å². The Bertz CT molecular complexity index is 940. The van der Waals surface area contributed by atoms with Crippen molar-refractivity contribution in [3.05, 3.63) is 47.0 Å². The zero-order valence-corrected chi connectivity index (χ0v) is 16.7. The summed E-state index contributed by atoms with van der Waals surface area (Å²) in [6, 6.07) is 9.24. The summed E-state index contributed by atoms with van der Waals surface area (Å²) >= 11 is 0. The lowest BCUT2D eigenvalue weighted by Gasteiger charge is -2.35. The first-order valence-electron chi connectivity index (χ1n) is 9.81. The topological polar surface area (TPSA) is 79.9 Å². The van der Waals surface area contributed by atoms with Crippen molar-refractivity contribution in [3.63, 3.8) is 0 Å². The largest absolute Gasteiger partial charge is 0.493 e. The number of rotatable bonds is 5. The number of hydrogen-bond donors (Lipinski definition) is 2. The number of amides is 3. The summed E-state index contributed by atoms with van der Waals surface area (Å²) in [5.74, 6) is 1.48. The Kier molecular flexibility index (Phi) is 5.29. The standard InChI is InChI=1S/C22H25N3O4/c1-28-18-7-5-14(10-19(18)29-2)13-23-22(27)24-17-11-15-4-3-9-25-20(26)8-6-16(12-17)21(15)25/h5,7,10-12H,3-4,6,8-9,13H2,1-2H3,(H2,23,24,27). The summed E-state index contributed by atoms with van der Waals surface area (Å²) in [5, 5.41) is 5.80. The molecule has 3 amide bonds. The number of benzene rings is 2. The molecule has 4 rings (SSSR count). The summed E-state index contributed by atoms with van der Waals surface area (Å²) in [7, 11) is 3.17. The summed E-state index contributed by atoms with van der Waals surface area (Å²) in [6.07, 6.45) is 3.13. The Morgan fingerprint density at radius 2 is 1.79 bits per heavy atom. The van der Waals surface area contributed by atoms with Crippen LogP contribution in [0.2, 0.25) is 0 Å². The lowest BCUT2D eigenvalue weighted by atomic mass is 9.91. The second-order valence-electron chi connectivity index (χ2n) is 7.29. The summed E-state index contributed by atoms with van der Waals surface area (Å²) in [4.78, 5) is 26.5. The number of hydrogen-bond acceptors (Lipinski definition) is 4. The van der Waals surface area contributed by atoms with E-state index in [1.54, 1.807) is 14.2 Å². The second kappa shape index (κ2) is 8.03. The van der Waals surface area contributed by atoms with Crippen molar-refractivity contribution in [3.8, 4) is 11.5 Å². The van der Waals surface area contributed by atoms with Crippen LogP contribution in [0.1, 0.15) is 29.5 Å². The van der Waals surface area contributed by atoms with Crippen LogP contribution >= 0.6 is 0 Å². The van der Waals surface area contributed by atoms with E-state index in [9.17, 15) is 9.59 Å². The number of carbonyl (C=O) groups is 2. The molecule has 0 radical (unpaired) electrons. The van der Waals surface area contributed by atoms with Gasteiger partial charge in [0.25, 0.3) is 0 Å². The molecule has 0 aliphatic carbocycles. The number of anilines is 2. The van der Waals surface area contributed by atoms with Crippen LogP contribution in [0, 0.1) is 0 Å². The predicted molar refractivity (Wildman–Crippen MR) is 111 cm³/mol. The Morgan fingerprint density at radius 3 is 2.55 bits per heavy atom. The third-order valence-electron chi connectivity index (χ3n) is 5.43. The first-order chi connectivity index (χ1) is 14.1. The maximum atomic E-state index is 12.4. The fourth-order valence-electron chi connectivity index (χ4n) is 4.07. The molecule has 2 heterocycles. The van der Waals surface area contributed by atoms with Gasteiger partial charge < -0.3 is 25.0 Å². The molecule has 2 aromatic rings. The highest BCUT2D eigenvalue weighted by atomic mass is 16.5. The van der Waals surface area contributed by atoms with Crippen LogP contribution in [0.3, 0.4) is 0 Å². The minimum atomic E-state index is -0.272. The van der Waals surface area contributed by atoms with E-state index in [-0.39, 0.29) is 11.9 Å². The third kappa shape index (κ3) is 3.85. The highest BCUT2D eigenvalue weighted by molar-refractivity contribution is 5.99. The van der Waals surface area contributed by atoms with Gasteiger partial charge in [-0.15, -0.1) is 0 Å². The van der Waals surface area contributed by atoms with Crippen molar-refractivity contribution in [1.82, 2.24) is 5.32 Å².